The molecule has 0 aliphatic rings. The van der Waals surface area contributed by atoms with Gasteiger partial charge in [-0.1, -0.05) is 30.7 Å². The Morgan fingerprint density at radius 3 is 2.44 bits per heavy atom. The molecule has 0 aliphatic carbocycles. The van der Waals surface area contributed by atoms with Crippen molar-refractivity contribution >= 4 is 29.3 Å². The Kier molecular flexibility index (Phi) is 8.16. The molecule has 134 valence electrons. The number of hydrogen-bond acceptors (Lipinski definition) is 3. The van der Waals surface area contributed by atoms with Crippen molar-refractivity contribution in [2.45, 2.75) is 36.3 Å². The fourth-order valence-electron chi connectivity index (χ4n) is 2.41. The minimum absolute atomic E-state index is 0.0813. The number of carbonyl (C=O) groups excluding carboxylic acids is 1. The Bertz CT molecular complexity index is 658. The van der Waals surface area contributed by atoms with Crippen LogP contribution in [0.15, 0.2) is 53.4 Å². The van der Waals surface area contributed by atoms with Crippen LogP contribution < -0.4 is 10.1 Å². The Hall–Kier alpha value is -1.65. The summed E-state index contributed by atoms with van der Waals surface area (Å²) < 4.78 is 5.15. The standard InChI is InChI=1S/C20H24ClNO2S/c1-3-19(25-18-12-8-16(21)9-13-18)20(23)22-14-4-5-15-6-10-17(24-2)11-7-15/h6-13,19H,3-5,14H2,1-2H3,(H,22,23)/t19-/m1/s1. The maximum absolute atomic E-state index is 12.4. The number of carbonyl (C=O) groups is 1. The van der Waals surface area contributed by atoms with E-state index in [-0.39, 0.29) is 11.2 Å². The maximum atomic E-state index is 12.4. The van der Waals surface area contributed by atoms with Crippen LogP contribution in [0.1, 0.15) is 25.3 Å². The number of hydrogen-bond donors (Lipinski definition) is 1. The molecule has 3 nitrogen and oxygen atoms in total. The molecule has 0 saturated carbocycles. The van der Waals surface area contributed by atoms with E-state index in [1.165, 1.54) is 5.56 Å². The van der Waals surface area contributed by atoms with Crippen molar-refractivity contribution in [2.24, 2.45) is 0 Å². The van der Waals surface area contributed by atoms with Gasteiger partial charge in [0.15, 0.2) is 0 Å². The number of halogens is 1. The van der Waals surface area contributed by atoms with Crippen LogP contribution in [0.5, 0.6) is 5.75 Å². The van der Waals surface area contributed by atoms with Crippen molar-refractivity contribution in [2.75, 3.05) is 13.7 Å². The molecule has 0 aliphatic heterocycles. The first-order chi connectivity index (χ1) is 12.1. The van der Waals surface area contributed by atoms with Gasteiger partial charge in [-0.2, -0.15) is 0 Å². The molecule has 25 heavy (non-hydrogen) atoms. The van der Waals surface area contributed by atoms with Crippen molar-refractivity contribution in [3.63, 3.8) is 0 Å². The molecule has 2 aromatic rings. The van der Waals surface area contributed by atoms with Crippen LogP contribution in [0.4, 0.5) is 0 Å². The summed E-state index contributed by atoms with van der Waals surface area (Å²) in [5.41, 5.74) is 1.25. The second-order valence-corrected chi connectivity index (χ2v) is 7.42. The maximum Gasteiger partial charge on any atom is 0.233 e. The van der Waals surface area contributed by atoms with Gasteiger partial charge in [0.25, 0.3) is 0 Å². The summed E-state index contributed by atoms with van der Waals surface area (Å²) in [6.45, 7) is 2.72. The van der Waals surface area contributed by atoms with Crippen LogP contribution >= 0.6 is 23.4 Å². The van der Waals surface area contributed by atoms with Crippen molar-refractivity contribution in [1.29, 1.82) is 0 Å². The van der Waals surface area contributed by atoms with Gasteiger partial charge in [-0.15, -0.1) is 11.8 Å². The third-order valence-corrected chi connectivity index (χ3v) is 5.48. The first-order valence-electron chi connectivity index (χ1n) is 8.45. The summed E-state index contributed by atoms with van der Waals surface area (Å²) in [6.07, 6.45) is 2.64. The molecule has 0 radical (unpaired) electrons. The van der Waals surface area contributed by atoms with Crippen molar-refractivity contribution in [3.05, 3.63) is 59.1 Å². The average Bonchev–Trinajstić information content (AvgIpc) is 2.65. The van der Waals surface area contributed by atoms with E-state index in [1.807, 2.05) is 43.3 Å². The molecule has 2 rings (SSSR count). The number of rotatable bonds is 9. The highest BCUT2D eigenvalue weighted by molar-refractivity contribution is 8.00. The Labute approximate surface area is 159 Å². The van der Waals surface area contributed by atoms with E-state index in [0.29, 0.717) is 11.6 Å². The molecular weight excluding hydrogens is 354 g/mol. The SMILES string of the molecule is CC[C@@H](Sc1ccc(Cl)cc1)C(=O)NCCCc1ccc(OC)cc1. The lowest BCUT2D eigenvalue weighted by Gasteiger charge is -2.15. The lowest BCUT2D eigenvalue weighted by Crippen LogP contribution is -2.33. The minimum Gasteiger partial charge on any atom is -0.497 e. The summed E-state index contributed by atoms with van der Waals surface area (Å²) in [5, 5.41) is 3.67. The molecule has 2 aromatic carbocycles. The molecule has 0 heterocycles. The summed E-state index contributed by atoms with van der Waals surface area (Å²) in [6, 6.07) is 15.7. The fraction of sp³-hybridized carbons (Fsp3) is 0.350. The van der Waals surface area contributed by atoms with Crippen LogP contribution in [-0.2, 0) is 11.2 Å². The monoisotopic (exact) mass is 377 g/mol. The number of aryl methyl sites for hydroxylation is 1. The van der Waals surface area contributed by atoms with E-state index in [4.69, 9.17) is 16.3 Å². The minimum atomic E-state index is -0.0813. The molecule has 5 heteroatoms. The van der Waals surface area contributed by atoms with E-state index < -0.39 is 0 Å². The summed E-state index contributed by atoms with van der Waals surface area (Å²) in [5.74, 6) is 0.958. The average molecular weight is 378 g/mol. The van der Waals surface area contributed by atoms with Crippen LogP contribution in [0.25, 0.3) is 0 Å². The Balaban J connectivity index is 1.74. The molecule has 1 amide bonds. The normalized spacial score (nSPS) is 11.8. The molecule has 0 unspecified atom stereocenters. The molecule has 0 fully saturated rings. The first kappa shape index (κ1) is 19.7. The van der Waals surface area contributed by atoms with Gasteiger partial charge in [0.1, 0.15) is 5.75 Å². The topological polar surface area (TPSA) is 38.3 Å². The van der Waals surface area contributed by atoms with Crippen LogP contribution in [0.3, 0.4) is 0 Å². The fourth-order valence-corrected chi connectivity index (χ4v) is 3.51. The zero-order chi connectivity index (χ0) is 18.1. The van der Waals surface area contributed by atoms with Gasteiger partial charge in [0, 0.05) is 16.5 Å². The summed E-state index contributed by atoms with van der Waals surface area (Å²) in [4.78, 5) is 13.4. The van der Waals surface area contributed by atoms with Crippen LogP contribution in [0, 0.1) is 0 Å². The first-order valence-corrected chi connectivity index (χ1v) is 9.71. The Morgan fingerprint density at radius 1 is 1.16 bits per heavy atom. The molecule has 0 spiro atoms. The number of methoxy groups -OCH3 is 1. The van der Waals surface area contributed by atoms with Crippen molar-refractivity contribution < 1.29 is 9.53 Å². The zero-order valence-corrected chi connectivity index (χ0v) is 16.2. The van der Waals surface area contributed by atoms with E-state index in [1.54, 1.807) is 18.9 Å². The zero-order valence-electron chi connectivity index (χ0n) is 14.6. The highest BCUT2D eigenvalue weighted by Crippen LogP contribution is 2.26. The van der Waals surface area contributed by atoms with E-state index in [9.17, 15) is 4.79 Å². The van der Waals surface area contributed by atoms with Crippen LogP contribution in [0.2, 0.25) is 5.02 Å². The molecule has 0 bridgehead atoms. The van der Waals surface area contributed by atoms with Crippen molar-refractivity contribution in [1.82, 2.24) is 5.32 Å². The molecule has 1 atom stereocenters. The second-order valence-electron chi connectivity index (χ2n) is 5.71. The number of thioether (sulfide) groups is 1. The lowest BCUT2D eigenvalue weighted by atomic mass is 10.1. The van der Waals surface area contributed by atoms with Gasteiger partial charge in [-0.25, -0.2) is 0 Å². The van der Waals surface area contributed by atoms with Gasteiger partial charge in [-0.05, 0) is 61.2 Å². The van der Waals surface area contributed by atoms with E-state index >= 15 is 0 Å². The second kappa shape index (κ2) is 10.4. The van der Waals surface area contributed by atoms with Crippen molar-refractivity contribution in [3.8, 4) is 5.75 Å². The Morgan fingerprint density at radius 2 is 1.84 bits per heavy atom. The predicted molar refractivity (Wildman–Crippen MR) is 106 cm³/mol. The molecule has 1 N–H and O–H groups in total. The smallest absolute Gasteiger partial charge is 0.233 e. The summed E-state index contributed by atoms with van der Waals surface area (Å²) in [7, 11) is 1.66. The highest BCUT2D eigenvalue weighted by Gasteiger charge is 2.17. The largest absolute Gasteiger partial charge is 0.497 e. The van der Waals surface area contributed by atoms with E-state index in [0.717, 1.165) is 29.9 Å². The number of benzene rings is 2. The van der Waals surface area contributed by atoms with Gasteiger partial charge < -0.3 is 10.1 Å². The number of amides is 1. The third kappa shape index (κ3) is 6.63. The van der Waals surface area contributed by atoms with Gasteiger partial charge >= 0.3 is 0 Å². The number of ether oxygens (including phenoxy) is 1. The van der Waals surface area contributed by atoms with Gasteiger partial charge in [0.05, 0.1) is 12.4 Å². The van der Waals surface area contributed by atoms with E-state index in [2.05, 4.69) is 17.4 Å². The van der Waals surface area contributed by atoms with Gasteiger partial charge in [0.2, 0.25) is 5.91 Å². The third-order valence-electron chi connectivity index (χ3n) is 3.86. The predicted octanol–water partition coefficient (Wildman–Crippen LogP) is 4.97. The van der Waals surface area contributed by atoms with Gasteiger partial charge in [-0.3, -0.25) is 4.79 Å². The molecule has 0 saturated heterocycles. The highest BCUT2D eigenvalue weighted by atomic mass is 35.5. The quantitative estimate of drug-likeness (QED) is 0.495. The number of nitrogens with one attached hydrogen (secondary N) is 1. The molecular formula is C20H24ClNO2S. The van der Waals surface area contributed by atoms with Crippen LogP contribution in [-0.4, -0.2) is 24.8 Å². The summed E-state index contributed by atoms with van der Waals surface area (Å²) >= 11 is 7.48. The lowest BCUT2D eigenvalue weighted by molar-refractivity contribution is -0.120. The molecule has 0 aromatic heterocycles.